The highest BCUT2D eigenvalue weighted by Crippen LogP contribution is 2.35. The summed E-state index contributed by atoms with van der Waals surface area (Å²) < 4.78 is 30.7. The molecule has 7 heteroatoms. The molecule has 0 aliphatic heterocycles. The van der Waals surface area contributed by atoms with Crippen LogP contribution in [0.1, 0.15) is 0 Å². The first kappa shape index (κ1) is 11.3. The van der Waals surface area contributed by atoms with Crippen molar-refractivity contribution >= 4 is 26.6 Å². The van der Waals surface area contributed by atoms with Crippen LogP contribution in [0.3, 0.4) is 0 Å². The molecule has 0 unspecified atom stereocenters. The number of benzene rings is 2. The number of nitrogens with zero attached hydrogens (tertiary/aromatic N) is 2. The monoisotopic (exact) mass is 251 g/mol. The zero-order valence-electron chi connectivity index (χ0n) is 8.40. The van der Waals surface area contributed by atoms with E-state index in [9.17, 15) is 13.5 Å². The summed E-state index contributed by atoms with van der Waals surface area (Å²) in [6, 6.07) is 6.48. The molecule has 0 aromatic heterocycles. The third kappa shape index (κ3) is 1.91. The van der Waals surface area contributed by atoms with Gasteiger partial charge in [0.05, 0.1) is 4.90 Å². The third-order valence-corrected chi connectivity index (χ3v) is 3.20. The SMILES string of the molecule is N#[N+]c1ccc2cc(S(=O)(=O)O)ccc2c1O. The van der Waals surface area contributed by atoms with E-state index < -0.39 is 10.1 Å². The van der Waals surface area contributed by atoms with E-state index in [2.05, 4.69) is 4.98 Å². The maximum Gasteiger partial charge on any atom is 0.426 e. The summed E-state index contributed by atoms with van der Waals surface area (Å²) in [5, 5.41) is 19.0. The average molecular weight is 251 g/mol. The molecule has 2 aromatic carbocycles. The molecular weight excluding hydrogens is 244 g/mol. The lowest BCUT2D eigenvalue weighted by Gasteiger charge is -2.01. The Morgan fingerprint density at radius 2 is 1.88 bits per heavy atom. The van der Waals surface area contributed by atoms with Gasteiger partial charge in [0.25, 0.3) is 10.1 Å². The van der Waals surface area contributed by atoms with E-state index in [0.717, 1.165) is 6.07 Å². The molecule has 0 heterocycles. The zero-order valence-corrected chi connectivity index (χ0v) is 9.22. The Morgan fingerprint density at radius 3 is 2.47 bits per heavy atom. The molecule has 2 aromatic rings. The number of phenolic OH excluding ortho intramolecular Hbond substituents is 1. The highest BCUT2D eigenvalue weighted by atomic mass is 32.2. The number of phenols is 1. The normalized spacial score (nSPS) is 11.3. The molecule has 0 fully saturated rings. The van der Waals surface area contributed by atoms with Crippen molar-refractivity contribution in [3.63, 3.8) is 0 Å². The molecule has 0 spiro atoms. The van der Waals surface area contributed by atoms with Crippen molar-refractivity contribution in [3.8, 4) is 5.75 Å². The van der Waals surface area contributed by atoms with Crippen LogP contribution in [0.4, 0.5) is 5.69 Å². The van der Waals surface area contributed by atoms with Gasteiger partial charge in [0.15, 0.2) is 4.98 Å². The number of diazo groups is 1. The van der Waals surface area contributed by atoms with E-state index in [-0.39, 0.29) is 16.3 Å². The van der Waals surface area contributed by atoms with Crippen molar-refractivity contribution in [1.82, 2.24) is 0 Å². The number of aromatic hydroxyl groups is 1. The van der Waals surface area contributed by atoms with Crippen LogP contribution in [0.2, 0.25) is 0 Å². The fourth-order valence-electron chi connectivity index (χ4n) is 1.52. The Bertz CT molecular complexity index is 747. The van der Waals surface area contributed by atoms with Gasteiger partial charge in [-0.3, -0.25) is 4.55 Å². The largest absolute Gasteiger partial charge is 0.501 e. The quantitative estimate of drug-likeness (QED) is 0.597. The lowest BCUT2D eigenvalue weighted by Crippen LogP contribution is -1.97. The first-order valence-electron chi connectivity index (χ1n) is 4.52. The molecule has 17 heavy (non-hydrogen) atoms. The molecule has 2 N–H and O–H groups in total. The lowest BCUT2D eigenvalue weighted by atomic mass is 10.1. The first-order chi connectivity index (χ1) is 7.93. The van der Waals surface area contributed by atoms with Crippen molar-refractivity contribution in [1.29, 1.82) is 5.39 Å². The number of fused-ring (bicyclic) bond motifs is 1. The molecule has 6 nitrogen and oxygen atoms in total. The molecular formula is C10H7N2O4S+. The molecule has 2 rings (SSSR count). The molecule has 0 aliphatic carbocycles. The van der Waals surface area contributed by atoms with E-state index in [1.165, 1.54) is 24.3 Å². The molecule has 0 aliphatic rings. The van der Waals surface area contributed by atoms with Crippen LogP contribution in [0.5, 0.6) is 5.75 Å². The van der Waals surface area contributed by atoms with Crippen LogP contribution >= 0.6 is 0 Å². The Kier molecular flexibility index (Phi) is 2.46. The lowest BCUT2D eigenvalue weighted by molar-refractivity contribution is 0.481. The highest BCUT2D eigenvalue weighted by Gasteiger charge is 2.17. The number of hydrogen-bond acceptors (Lipinski definition) is 4. The first-order valence-corrected chi connectivity index (χ1v) is 5.96. The van der Waals surface area contributed by atoms with E-state index in [4.69, 9.17) is 9.95 Å². The van der Waals surface area contributed by atoms with Crippen molar-refractivity contribution in [2.45, 2.75) is 4.90 Å². The summed E-state index contributed by atoms with van der Waals surface area (Å²) in [6.45, 7) is 0. The van der Waals surface area contributed by atoms with Gasteiger partial charge in [-0.25, -0.2) is 0 Å². The summed E-state index contributed by atoms with van der Waals surface area (Å²) >= 11 is 0. The molecule has 0 bridgehead atoms. The predicted molar refractivity (Wildman–Crippen MR) is 60.2 cm³/mol. The molecule has 0 amide bonds. The van der Waals surface area contributed by atoms with E-state index in [1.807, 2.05) is 0 Å². The standard InChI is InChI=1S/C10H6N2O4S/c11-12-9-4-1-6-5-7(17(14,15)16)2-3-8(6)10(9)13/h1-5H,(H-,13,14,15,16)/p+1. The molecule has 0 saturated heterocycles. The topological polar surface area (TPSA) is 103 Å². The van der Waals surface area contributed by atoms with Crippen LogP contribution in [-0.4, -0.2) is 18.1 Å². The van der Waals surface area contributed by atoms with Gasteiger partial charge in [-0.05, 0) is 29.7 Å². The molecule has 0 saturated carbocycles. The third-order valence-electron chi connectivity index (χ3n) is 2.35. The van der Waals surface area contributed by atoms with Gasteiger partial charge < -0.3 is 5.11 Å². The van der Waals surface area contributed by atoms with Crippen LogP contribution in [-0.2, 0) is 10.1 Å². The van der Waals surface area contributed by atoms with Crippen LogP contribution in [0.15, 0.2) is 35.2 Å². The zero-order chi connectivity index (χ0) is 12.6. The molecule has 0 radical (unpaired) electrons. The minimum Gasteiger partial charge on any atom is -0.501 e. The fourth-order valence-corrected chi connectivity index (χ4v) is 2.04. The second kappa shape index (κ2) is 3.69. The van der Waals surface area contributed by atoms with Crippen molar-refractivity contribution in [2.75, 3.05) is 0 Å². The Hall–Kier alpha value is -2.17. The Balaban J connectivity index is 2.80. The van der Waals surface area contributed by atoms with E-state index >= 15 is 0 Å². The van der Waals surface area contributed by atoms with Gasteiger partial charge in [-0.1, -0.05) is 0 Å². The van der Waals surface area contributed by atoms with Crippen molar-refractivity contribution in [3.05, 3.63) is 35.3 Å². The van der Waals surface area contributed by atoms with Crippen molar-refractivity contribution < 1.29 is 18.1 Å². The summed E-state index contributed by atoms with van der Waals surface area (Å²) in [4.78, 5) is 2.61. The molecule has 86 valence electrons. The van der Waals surface area contributed by atoms with Crippen LogP contribution in [0.25, 0.3) is 15.7 Å². The second-order valence-electron chi connectivity index (χ2n) is 3.39. The highest BCUT2D eigenvalue weighted by molar-refractivity contribution is 7.85. The average Bonchev–Trinajstić information content (AvgIpc) is 2.28. The van der Waals surface area contributed by atoms with Gasteiger partial charge in [-0.15, -0.1) is 0 Å². The molecule has 0 atom stereocenters. The van der Waals surface area contributed by atoms with Crippen LogP contribution < -0.4 is 0 Å². The van der Waals surface area contributed by atoms with E-state index in [0.29, 0.717) is 10.8 Å². The smallest absolute Gasteiger partial charge is 0.426 e. The Labute approximate surface area is 96.5 Å². The summed E-state index contributed by atoms with van der Waals surface area (Å²) in [7, 11) is -4.28. The number of hydrogen-bond donors (Lipinski definition) is 2. The Morgan fingerprint density at radius 1 is 1.18 bits per heavy atom. The van der Waals surface area contributed by atoms with Gasteiger partial charge in [0.1, 0.15) is 0 Å². The maximum atomic E-state index is 10.9. The summed E-state index contributed by atoms with van der Waals surface area (Å²) in [5.41, 5.74) is -0.0166. The minimum absolute atomic E-state index is 0.0166. The van der Waals surface area contributed by atoms with Gasteiger partial charge >= 0.3 is 5.69 Å². The van der Waals surface area contributed by atoms with E-state index in [1.54, 1.807) is 0 Å². The maximum absolute atomic E-state index is 10.9. The second-order valence-corrected chi connectivity index (χ2v) is 4.81. The van der Waals surface area contributed by atoms with Gasteiger partial charge in [-0.2, -0.15) is 8.42 Å². The summed E-state index contributed by atoms with van der Waals surface area (Å²) in [5.74, 6) is -0.258. The fraction of sp³-hybridized carbons (Fsp3) is 0. The predicted octanol–water partition coefficient (Wildman–Crippen LogP) is 2.28. The number of rotatable bonds is 1. The summed E-state index contributed by atoms with van der Waals surface area (Å²) in [6.07, 6.45) is 0. The van der Waals surface area contributed by atoms with Gasteiger partial charge in [0, 0.05) is 11.5 Å². The van der Waals surface area contributed by atoms with Gasteiger partial charge in [0.2, 0.25) is 11.1 Å². The van der Waals surface area contributed by atoms with Crippen molar-refractivity contribution in [2.24, 2.45) is 0 Å². The minimum atomic E-state index is -4.28. The van der Waals surface area contributed by atoms with Crippen LogP contribution in [0, 0.1) is 5.39 Å².